The van der Waals surface area contributed by atoms with E-state index in [1.54, 1.807) is 13.0 Å². The predicted octanol–water partition coefficient (Wildman–Crippen LogP) is -0.199. The van der Waals surface area contributed by atoms with Crippen LogP contribution in [0.3, 0.4) is 0 Å². The number of carbonyl (C=O) groups is 1. The molecule has 0 radical (unpaired) electrons. The summed E-state index contributed by atoms with van der Waals surface area (Å²) in [7, 11) is 1.40. The van der Waals surface area contributed by atoms with Crippen molar-refractivity contribution in [3.63, 3.8) is 0 Å². The summed E-state index contributed by atoms with van der Waals surface area (Å²) in [5, 5.41) is 39.2. The summed E-state index contributed by atoms with van der Waals surface area (Å²) in [6, 6.07) is 4.49. The van der Waals surface area contributed by atoms with E-state index in [1.807, 2.05) is 0 Å². The van der Waals surface area contributed by atoms with Crippen molar-refractivity contribution in [1.82, 2.24) is 0 Å². The number of esters is 1. The molecule has 1 aliphatic rings. The largest absolute Gasteiger partial charge is 0.504 e. The van der Waals surface area contributed by atoms with E-state index in [1.165, 1.54) is 25.3 Å². The first kappa shape index (κ1) is 21.1. The Kier molecular flexibility index (Phi) is 7.57. The molecule has 4 N–H and O–H groups in total. The van der Waals surface area contributed by atoms with Crippen LogP contribution in [0.1, 0.15) is 12.5 Å². The topological polar surface area (TPSA) is 135 Å². The zero-order valence-corrected chi connectivity index (χ0v) is 15.0. The highest BCUT2D eigenvalue weighted by Gasteiger charge is 2.46. The molecule has 1 aromatic carbocycles. The van der Waals surface area contributed by atoms with E-state index in [0.29, 0.717) is 5.56 Å². The third-order valence-electron chi connectivity index (χ3n) is 4.02. The average molecular weight is 384 g/mol. The minimum atomic E-state index is -1.49. The zero-order chi connectivity index (χ0) is 20.0. The van der Waals surface area contributed by atoms with Crippen LogP contribution < -0.4 is 4.74 Å². The van der Waals surface area contributed by atoms with Gasteiger partial charge in [0, 0.05) is 12.7 Å². The van der Waals surface area contributed by atoms with Gasteiger partial charge in [0.05, 0.1) is 13.7 Å². The molecule has 27 heavy (non-hydrogen) atoms. The van der Waals surface area contributed by atoms with Crippen molar-refractivity contribution < 1.29 is 44.2 Å². The summed E-state index contributed by atoms with van der Waals surface area (Å²) >= 11 is 0. The number of phenolic OH excluding ortho intramolecular Hbond substituents is 1. The molecule has 150 valence electrons. The van der Waals surface area contributed by atoms with Crippen LogP contribution >= 0.6 is 0 Å². The van der Waals surface area contributed by atoms with Gasteiger partial charge in [-0.15, -0.1) is 0 Å². The number of aromatic hydroxyl groups is 1. The Morgan fingerprint density at radius 2 is 2.04 bits per heavy atom. The number of phenols is 1. The first-order valence-corrected chi connectivity index (χ1v) is 8.41. The molecule has 1 fully saturated rings. The Bertz CT molecular complexity index is 658. The van der Waals surface area contributed by atoms with Gasteiger partial charge in [0.25, 0.3) is 0 Å². The highest BCUT2D eigenvalue weighted by molar-refractivity contribution is 5.87. The molecule has 0 bridgehead atoms. The zero-order valence-electron chi connectivity index (χ0n) is 15.0. The van der Waals surface area contributed by atoms with Crippen LogP contribution in [0, 0.1) is 0 Å². The second-order valence-electron chi connectivity index (χ2n) is 5.83. The molecule has 0 saturated carbocycles. The second kappa shape index (κ2) is 9.67. The Morgan fingerprint density at radius 3 is 2.67 bits per heavy atom. The monoisotopic (exact) mass is 384 g/mol. The van der Waals surface area contributed by atoms with Crippen LogP contribution in [0.4, 0.5) is 0 Å². The number of hydrogen-bond acceptors (Lipinski definition) is 9. The highest BCUT2D eigenvalue weighted by atomic mass is 16.7. The number of carbonyl (C=O) groups excluding carboxylic acids is 1. The number of ether oxygens (including phenoxy) is 4. The SMILES string of the molecule is CCOC1OC(CO)C(OC(=O)C=Cc2ccc(O)c(OC)c2)C(O)C1O. The standard InChI is InChI=1S/C18H24O9/c1-3-25-18-16(23)15(22)17(13(9-19)26-18)27-14(21)7-5-10-4-6-11(20)12(8-10)24-2/h4-8,13,15-20,22-23H,3,9H2,1-2H3. The maximum absolute atomic E-state index is 12.1. The molecule has 1 aliphatic heterocycles. The lowest BCUT2D eigenvalue weighted by molar-refractivity contribution is -0.301. The lowest BCUT2D eigenvalue weighted by atomic mass is 9.99. The lowest BCUT2D eigenvalue weighted by Crippen LogP contribution is -2.60. The van der Waals surface area contributed by atoms with Crippen molar-refractivity contribution in [1.29, 1.82) is 0 Å². The van der Waals surface area contributed by atoms with Crippen LogP contribution in [0.15, 0.2) is 24.3 Å². The van der Waals surface area contributed by atoms with Gasteiger partial charge in [-0.3, -0.25) is 0 Å². The van der Waals surface area contributed by atoms with Gasteiger partial charge in [0.15, 0.2) is 23.9 Å². The molecule has 1 saturated heterocycles. The number of rotatable bonds is 7. The van der Waals surface area contributed by atoms with E-state index >= 15 is 0 Å². The van der Waals surface area contributed by atoms with Crippen molar-refractivity contribution in [2.24, 2.45) is 0 Å². The van der Waals surface area contributed by atoms with E-state index < -0.39 is 43.3 Å². The van der Waals surface area contributed by atoms with Crippen LogP contribution in [0.25, 0.3) is 6.08 Å². The maximum atomic E-state index is 12.1. The Labute approximate surface area is 156 Å². The molecule has 0 amide bonds. The summed E-state index contributed by atoms with van der Waals surface area (Å²) in [5.74, 6) is -0.606. The molecule has 9 nitrogen and oxygen atoms in total. The molecule has 1 heterocycles. The normalized spacial score (nSPS) is 28.3. The molecule has 2 rings (SSSR count). The summed E-state index contributed by atoms with van der Waals surface area (Å²) < 4.78 is 20.6. The third-order valence-corrected chi connectivity index (χ3v) is 4.02. The summed E-state index contributed by atoms with van der Waals surface area (Å²) in [6.45, 7) is 1.38. The highest BCUT2D eigenvalue weighted by Crippen LogP contribution is 2.27. The van der Waals surface area contributed by atoms with Gasteiger partial charge >= 0.3 is 5.97 Å². The molecule has 0 aromatic heterocycles. The number of aliphatic hydroxyl groups is 3. The van der Waals surface area contributed by atoms with Gasteiger partial charge in [-0.1, -0.05) is 6.07 Å². The maximum Gasteiger partial charge on any atom is 0.331 e. The smallest absolute Gasteiger partial charge is 0.331 e. The second-order valence-corrected chi connectivity index (χ2v) is 5.83. The first-order chi connectivity index (χ1) is 12.9. The molecule has 1 aromatic rings. The summed E-state index contributed by atoms with van der Waals surface area (Å²) in [6.07, 6.45) is -3.84. The van der Waals surface area contributed by atoms with Crippen molar-refractivity contribution >= 4 is 12.0 Å². The quantitative estimate of drug-likeness (QED) is 0.372. The minimum absolute atomic E-state index is 0.0386. The molecule has 9 heteroatoms. The molecule has 0 aliphatic carbocycles. The van der Waals surface area contributed by atoms with E-state index in [-0.39, 0.29) is 18.1 Å². The van der Waals surface area contributed by atoms with Gasteiger partial charge < -0.3 is 39.4 Å². The van der Waals surface area contributed by atoms with Gasteiger partial charge in [0.1, 0.15) is 18.3 Å². The van der Waals surface area contributed by atoms with E-state index in [2.05, 4.69) is 0 Å². The fourth-order valence-electron chi connectivity index (χ4n) is 2.64. The lowest BCUT2D eigenvalue weighted by Gasteiger charge is -2.41. The number of benzene rings is 1. The van der Waals surface area contributed by atoms with Crippen LogP contribution in [-0.2, 0) is 19.0 Å². The van der Waals surface area contributed by atoms with Crippen LogP contribution in [0.5, 0.6) is 11.5 Å². The van der Waals surface area contributed by atoms with Gasteiger partial charge in [0.2, 0.25) is 0 Å². The first-order valence-electron chi connectivity index (χ1n) is 8.41. The van der Waals surface area contributed by atoms with Crippen molar-refractivity contribution in [3.05, 3.63) is 29.8 Å². The van der Waals surface area contributed by atoms with Crippen molar-refractivity contribution in [2.45, 2.75) is 37.6 Å². The summed E-state index contributed by atoms with van der Waals surface area (Å²) in [4.78, 5) is 12.1. The molecular weight excluding hydrogens is 360 g/mol. The number of methoxy groups -OCH3 is 1. The predicted molar refractivity (Wildman–Crippen MR) is 93.0 cm³/mol. The Hall–Kier alpha value is -2.17. The van der Waals surface area contributed by atoms with E-state index in [4.69, 9.17) is 18.9 Å². The number of hydrogen-bond donors (Lipinski definition) is 4. The molecule has 0 spiro atoms. The van der Waals surface area contributed by atoms with Crippen LogP contribution in [-0.4, -0.2) is 77.4 Å². The van der Waals surface area contributed by atoms with Gasteiger partial charge in [-0.25, -0.2) is 4.79 Å². The number of aliphatic hydroxyl groups excluding tert-OH is 3. The van der Waals surface area contributed by atoms with E-state index in [9.17, 15) is 25.2 Å². The fraction of sp³-hybridized carbons (Fsp3) is 0.500. The third kappa shape index (κ3) is 5.18. The van der Waals surface area contributed by atoms with Crippen LogP contribution in [0.2, 0.25) is 0 Å². The molecule has 5 unspecified atom stereocenters. The summed E-state index contributed by atoms with van der Waals surface area (Å²) in [5.41, 5.74) is 0.567. The van der Waals surface area contributed by atoms with E-state index in [0.717, 1.165) is 6.08 Å². The average Bonchev–Trinajstić information content (AvgIpc) is 2.67. The van der Waals surface area contributed by atoms with Gasteiger partial charge in [-0.2, -0.15) is 0 Å². The fourth-order valence-corrected chi connectivity index (χ4v) is 2.64. The Morgan fingerprint density at radius 1 is 1.30 bits per heavy atom. The minimum Gasteiger partial charge on any atom is -0.504 e. The van der Waals surface area contributed by atoms with Crippen molar-refractivity contribution in [2.75, 3.05) is 20.3 Å². The van der Waals surface area contributed by atoms with Crippen molar-refractivity contribution in [3.8, 4) is 11.5 Å². The molecular formula is C18H24O9. The van der Waals surface area contributed by atoms with Gasteiger partial charge in [-0.05, 0) is 30.7 Å². The molecule has 5 atom stereocenters. The Balaban J connectivity index is 2.05.